The van der Waals surface area contributed by atoms with Crippen LogP contribution in [0.15, 0.2) is 0 Å². The predicted molar refractivity (Wildman–Crippen MR) is 104 cm³/mol. The molecule has 1 aliphatic heterocycles. The normalized spacial score (nSPS) is 30.3. The third-order valence-electron chi connectivity index (χ3n) is 6.83. The van der Waals surface area contributed by atoms with Gasteiger partial charge in [0, 0.05) is 6.04 Å². The molecule has 2 N–H and O–H groups in total. The number of amides is 4. The summed E-state index contributed by atoms with van der Waals surface area (Å²) in [7, 11) is 0. The van der Waals surface area contributed by atoms with E-state index in [9.17, 15) is 14.4 Å². The summed E-state index contributed by atoms with van der Waals surface area (Å²) in [6.45, 7) is 6.53. The van der Waals surface area contributed by atoms with E-state index in [0.29, 0.717) is 18.8 Å². The average Bonchev–Trinajstić information content (AvgIpc) is 2.78. The van der Waals surface area contributed by atoms with E-state index in [1.165, 1.54) is 12.8 Å². The summed E-state index contributed by atoms with van der Waals surface area (Å²) >= 11 is 0. The fraction of sp³-hybridized carbons (Fsp3) is 0.857. The lowest BCUT2D eigenvalue weighted by Crippen LogP contribution is -2.51. The van der Waals surface area contributed by atoms with Gasteiger partial charge in [-0.2, -0.15) is 0 Å². The summed E-state index contributed by atoms with van der Waals surface area (Å²) in [4.78, 5) is 39.0. The van der Waals surface area contributed by atoms with Crippen molar-refractivity contribution in [3.05, 3.63) is 0 Å². The van der Waals surface area contributed by atoms with Crippen molar-refractivity contribution in [3.63, 3.8) is 0 Å². The highest BCUT2D eigenvalue weighted by atomic mass is 16.2. The Morgan fingerprint density at radius 2 is 1.67 bits per heavy atom. The summed E-state index contributed by atoms with van der Waals surface area (Å²) < 4.78 is 0. The fourth-order valence-electron chi connectivity index (χ4n) is 4.98. The molecule has 27 heavy (non-hydrogen) atoms. The second-order valence-corrected chi connectivity index (χ2v) is 9.80. The molecule has 152 valence electrons. The molecule has 1 spiro atoms. The van der Waals surface area contributed by atoms with E-state index in [1.54, 1.807) is 0 Å². The predicted octanol–water partition coefficient (Wildman–Crippen LogP) is 3.35. The van der Waals surface area contributed by atoms with Crippen LogP contribution in [0.2, 0.25) is 0 Å². The summed E-state index contributed by atoms with van der Waals surface area (Å²) in [6, 6.07) is -0.234. The minimum absolute atomic E-state index is 0.161. The molecule has 0 aromatic heterocycles. The van der Waals surface area contributed by atoms with Crippen LogP contribution in [0, 0.1) is 11.3 Å². The van der Waals surface area contributed by atoms with Gasteiger partial charge in [-0.15, -0.1) is 0 Å². The highest BCUT2D eigenvalue weighted by Crippen LogP contribution is 2.43. The van der Waals surface area contributed by atoms with Crippen molar-refractivity contribution in [3.8, 4) is 0 Å². The smallest absolute Gasteiger partial charge is 0.325 e. The van der Waals surface area contributed by atoms with Crippen molar-refractivity contribution in [2.24, 2.45) is 11.3 Å². The van der Waals surface area contributed by atoms with Crippen molar-refractivity contribution in [2.45, 2.75) is 96.6 Å². The number of rotatable bonds is 3. The molecule has 3 fully saturated rings. The van der Waals surface area contributed by atoms with Gasteiger partial charge in [0.1, 0.15) is 12.1 Å². The van der Waals surface area contributed by atoms with E-state index in [-0.39, 0.29) is 29.8 Å². The van der Waals surface area contributed by atoms with Crippen molar-refractivity contribution in [2.75, 3.05) is 6.54 Å². The second-order valence-electron chi connectivity index (χ2n) is 9.80. The highest BCUT2D eigenvalue weighted by molar-refractivity contribution is 6.09. The van der Waals surface area contributed by atoms with Crippen LogP contribution in [0.3, 0.4) is 0 Å². The molecule has 0 aromatic rings. The molecule has 0 bridgehead atoms. The summed E-state index contributed by atoms with van der Waals surface area (Å²) in [5, 5.41) is 5.95. The lowest BCUT2D eigenvalue weighted by molar-refractivity contribution is -0.136. The van der Waals surface area contributed by atoms with Gasteiger partial charge in [-0.05, 0) is 49.9 Å². The molecule has 6 heteroatoms. The van der Waals surface area contributed by atoms with E-state index in [0.717, 1.165) is 43.4 Å². The molecule has 0 unspecified atom stereocenters. The zero-order valence-corrected chi connectivity index (χ0v) is 17.1. The van der Waals surface area contributed by atoms with Gasteiger partial charge in [0.25, 0.3) is 5.91 Å². The van der Waals surface area contributed by atoms with Crippen LogP contribution in [-0.4, -0.2) is 40.9 Å². The van der Waals surface area contributed by atoms with Gasteiger partial charge < -0.3 is 10.6 Å². The van der Waals surface area contributed by atoms with Crippen LogP contribution in [0.1, 0.15) is 85.0 Å². The number of hydrogen-bond acceptors (Lipinski definition) is 3. The lowest BCUT2D eigenvalue weighted by Gasteiger charge is -2.40. The standard InChI is InChI=1S/C21H35N3O3/c1-20(2,3)15-10-12-21(13-11-15)18(26)24(19(27)23-21)14-17(25)22-16-8-6-4-5-7-9-16/h15-16H,4-14H2,1-3H3,(H,22,25)(H,23,27). The maximum atomic E-state index is 13.0. The lowest BCUT2D eigenvalue weighted by atomic mass is 9.67. The number of urea groups is 1. The largest absolute Gasteiger partial charge is 0.352 e. The van der Waals surface area contributed by atoms with E-state index in [1.807, 2.05) is 0 Å². The Morgan fingerprint density at radius 3 is 2.22 bits per heavy atom. The number of carbonyl (C=O) groups is 3. The number of imide groups is 1. The molecule has 0 atom stereocenters. The average molecular weight is 378 g/mol. The van der Waals surface area contributed by atoms with Crippen LogP contribution in [0.5, 0.6) is 0 Å². The Morgan fingerprint density at radius 1 is 1.07 bits per heavy atom. The van der Waals surface area contributed by atoms with Gasteiger partial charge in [0.15, 0.2) is 0 Å². The molecule has 3 aliphatic rings. The summed E-state index contributed by atoms with van der Waals surface area (Å²) in [5.41, 5.74) is -0.576. The fourth-order valence-corrected chi connectivity index (χ4v) is 4.98. The Kier molecular flexibility index (Phi) is 5.82. The molecule has 2 aliphatic carbocycles. The Labute approximate surface area is 162 Å². The Bertz CT molecular complexity index is 580. The summed E-state index contributed by atoms with van der Waals surface area (Å²) in [6.07, 6.45) is 9.87. The van der Waals surface area contributed by atoms with Gasteiger partial charge in [0.2, 0.25) is 5.91 Å². The molecule has 0 aromatic carbocycles. The van der Waals surface area contributed by atoms with Crippen molar-refractivity contribution in [1.29, 1.82) is 0 Å². The maximum Gasteiger partial charge on any atom is 0.325 e. The third kappa shape index (κ3) is 4.46. The molecule has 1 heterocycles. The molecule has 3 rings (SSSR count). The zero-order chi connectivity index (χ0) is 19.7. The molecular formula is C21H35N3O3. The Balaban J connectivity index is 1.57. The first-order valence-electron chi connectivity index (χ1n) is 10.6. The van der Waals surface area contributed by atoms with E-state index < -0.39 is 11.6 Å². The van der Waals surface area contributed by atoms with E-state index >= 15 is 0 Å². The molecule has 1 saturated heterocycles. The summed E-state index contributed by atoms with van der Waals surface area (Å²) in [5.74, 6) is 0.127. The second kappa shape index (κ2) is 7.80. The first kappa shape index (κ1) is 20.2. The third-order valence-corrected chi connectivity index (χ3v) is 6.83. The molecular weight excluding hydrogens is 342 g/mol. The molecule has 6 nitrogen and oxygen atoms in total. The van der Waals surface area contributed by atoms with E-state index in [2.05, 4.69) is 31.4 Å². The van der Waals surface area contributed by atoms with Gasteiger partial charge >= 0.3 is 6.03 Å². The topological polar surface area (TPSA) is 78.5 Å². The van der Waals surface area contributed by atoms with Crippen molar-refractivity contribution in [1.82, 2.24) is 15.5 Å². The number of nitrogens with one attached hydrogen (secondary N) is 2. The van der Waals surface area contributed by atoms with E-state index in [4.69, 9.17) is 0 Å². The number of nitrogens with zero attached hydrogens (tertiary/aromatic N) is 1. The zero-order valence-electron chi connectivity index (χ0n) is 17.1. The maximum absolute atomic E-state index is 13.0. The number of hydrogen-bond donors (Lipinski definition) is 2. The monoisotopic (exact) mass is 377 g/mol. The minimum Gasteiger partial charge on any atom is -0.352 e. The first-order chi connectivity index (χ1) is 12.7. The SMILES string of the molecule is CC(C)(C)C1CCC2(CC1)NC(=O)N(CC(=O)NC1CCCCCC1)C2=O. The van der Waals surface area contributed by atoms with Crippen LogP contribution in [-0.2, 0) is 9.59 Å². The highest BCUT2D eigenvalue weighted by Gasteiger charge is 2.53. The number of carbonyl (C=O) groups excluding carboxylic acids is 3. The quantitative estimate of drug-likeness (QED) is 0.585. The van der Waals surface area contributed by atoms with Gasteiger partial charge in [-0.3, -0.25) is 14.5 Å². The van der Waals surface area contributed by atoms with Crippen molar-refractivity contribution < 1.29 is 14.4 Å². The van der Waals surface area contributed by atoms with Crippen LogP contribution >= 0.6 is 0 Å². The van der Waals surface area contributed by atoms with Gasteiger partial charge in [0.05, 0.1) is 0 Å². The Hall–Kier alpha value is -1.59. The van der Waals surface area contributed by atoms with Crippen LogP contribution < -0.4 is 10.6 Å². The molecule has 4 amide bonds. The molecule has 0 radical (unpaired) electrons. The minimum atomic E-state index is -0.790. The van der Waals surface area contributed by atoms with Gasteiger partial charge in [-0.1, -0.05) is 46.5 Å². The van der Waals surface area contributed by atoms with Crippen LogP contribution in [0.4, 0.5) is 4.79 Å². The van der Waals surface area contributed by atoms with Gasteiger partial charge in [-0.25, -0.2) is 4.79 Å². The molecule has 2 saturated carbocycles. The van der Waals surface area contributed by atoms with Crippen LogP contribution in [0.25, 0.3) is 0 Å². The van der Waals surface area contributed by atoms with Crippen molar-refractivity contribution >= 4 is 17.8 Å². The first-order valence-corrected chi connectivity index (χ1v) is 10.6.